The van der Waals surface area contributed by atoms with Crippen LogP contribution in [0, 0.1) is 0 Å². The molecule has 0 atom stereocenters. The van der Waals surface area contributed by atoms with E-state index in [4.69, 9.17) is 9.97 Å². The van der Waals surface area contributed by atoms with Crippen molar-refractivity contribution in [1.29, 1.82) is 0 Å². The molecule has 1 fully saturated rings. The summed E-state index contributed by atoms with van der Waals surface area (Å²) >= 11 is 0. The van der Waals surface area contributed by atoms with E-state index < -0.39 is 0 Å². The highest BCUT2D eigenvalue weighted by Gasteiger charge is 2.43. The first-order valence-corrected chi connectivity index (χ1v) is 19.3. The van der Waals surface area contributed by atoms with Gasteiger partial charge in [-0.25, -0.2) is 9.97 Å². The third kappa shape index (κ3) is 5.76. The lowest BCUT2D eigenvalue weighted by molar-refractivity contribution is 0.353. The van der Waals surface area contributed by atoms with E-state index in [2.05, 4.69) is 170 Å². The molecular weight excluding hydrogens is 653 g/mol. The Morgan fingerprint density at radius 2 is 0.741 bits per heavy atom. The van der Waals surface area contributed by atoms with E-state index in [0.717, 1.165) is 33.9 Å². The number of fused-ring (bicyclic) bond motifs is 5. The van der Waals surface area contributed by atoms with Crippen molar-refractivity contribution >= 4 is 0 Å². The minimum atomic E-state index is 0.167. The average Bonchev–Trinajstić information content (AvgIpc) is 3.52. The van der Waals surface area contributed by atoms with Crippen LogP contribution in [0.3, 0.4) is 0 Å². The van der Waals surface area contributed by atoms with Crippen LogP contribution in [0.2, 0.25) is 0 Å². The third-order valence-electron chi connectivity index (χ3n) is 11.8. The van der Waals surface area contributed by atoms with Crippen LogP contribution >= 0.6 is 0 Å². The Morgan fingerprint density at radius 1 is 0.315 bits per heavy atom. The monoisotopic (exact) mass is 692 g/mol. The van der Waals surface area contributed by atoms with E-state index >= 15 is 0 Å². The van der Waals surface area contributed by atoms with Gasteiger partial charge in [-0.3, -0.25) is 0 Å². The lowest BCUT2D eigenvalue weighted by Crippen LogP contribution is -2.28. The van der Waals surface area contributed by atoms with Gasteiger partial charge in [0.1, 0.15) is 0 Å². The van der Waals surface area contributed by atoms with Crippen LogP contribution < -0.4 is 0 Å². The molecule has 258 valence electrons. The Bertz CT molecular complexity index is 2580. The van der Waals surface area contributed by atoms with Gasteiger partial charge in [-0.1, -0.05) is 189 Å². The van der Waals surface area contributed by atoms with E-state index in [0.29, 0.717) is 0 Å². The number of rotatable bonds is 6. The summed E-state index contributed by atoms with van der Waals surface area (Å²) in [6.45, 7) is 0. The molecule has 1 aromatic heterocycles. The van der Waals surface area contributed by atoms with Crippen LogP contribution in [0.4, 0.5) is 0 Å². The first-order chi connectivity index (χ1) is 26.7. The summed E-state index contributed by atoms with van der Waals surface area (Å²) in [6, 6.07) is 65.7. The fourth-order valence-corrected chi connectivity index (χ4v) is 8.94. The summed E-state index contributed by atoms with van der Waals surface area (Å²) in [5.74, 6) is 0.717. The molecule has 0 N–H and O–H groups in total. The van der Waals surface area contributed by atoms with Crippen LogP contribution in [0.1, 0.15) is 43.2 Å². The second-order valence-electron chi connectivity index (χ2n) is 14.9. The van der Waals surface area contributed by atoms with Gasteiger partial charge in [-0.15, -0.1) is 0 Å². The average molecular weight is 693 g/mol. The van der Waals surface area contributed by atoms with Gasteiger partial charge in [0.15, 0.2) is 5.82 Å². The molecule has 0 amide bonds. The number of hydrogen-bond donors (Lipinski definition) is 0. The molecule has 1 saturated carbocycles. The molecule has 1 heterocycles. The fourth-order valence-electron chi connectivity index (χ4n) is 8.94. The number of nitrogens with zero attached hydrogens (tertiary/aromatic N) is 2. The lowest BCUT2D eigenvalue weighted by atomic mass is 9.67. The van der Waals surface area contributed by atoms with Gasteiger partial charge in [0, 0.05) is 22.1 Å². The van der Waals surface area contributed by atoms with Crippen LogP contribution in [0.5, 0.6) is 0 Å². The molecule has 2 aliphatic carbocycles. The number of benzene rings is 7. The SMILES string of the molecule is c1ccc(-c2ccc(-c3cc(-c4ccccc4)nc(-c4ccc(-c5ccc(-c6ccc7c(c6)C6(CCCCC6)c6ccccc6-7)cc5)cc4)n3)cc2)cc1. The maximum atomic E-state index is 5.11. The molecule has 2 nitrogen and oxygen atoms in total. The molecular formula is C52H40N2. The lowest BCUT2D eigenvalue weighted by Gasteiger charge is -2.36. The number of aromatic nitrogens is 2. The highest BCUT2D eigenvalue weighted by Crippen LogP contribution is 2.56. The van der Waals surface area contributed by atoms with E-state index in [1.54, 1.807) is 5.56 Å². The quantitative estimate of drug-likeness (QED) is 0.173. The normalized spacial score (nSPS) is 14.1. The van der Waals surface area contributed by atoms with Gasteiger partial charge in [0.25, 0.3) is 0 Å². The smallest absolute Gasteiger partial charge is 0.160 e. The topological polar surface area (TPSA) is 25.8 Å². The van der Waals surface area contributed by atoms with Crippen LogP contribution in [0.15, 0.2) is 182 Å². The fraction of sp³-hybridized carbons (Fsp3) is 0.115. The molecule has 1 spiro atoms. The van der Waals surface area contributed by atoms with Gasteiger partial charge >= 0.3 is 0 Å². The predicted octanol–water partition coefficient (Wildman–Crippen LogP) is 13.7. The van der Waals surface area contributed by atoms with Crippen molar-refractivity contribution in [1.82, 2.24) is 9.97 Å². The zero-order valence-electron chi connectivity index (χ0n) is 30.3. The van der Waals surface area contributed by atoms with Crippen molar-refractivity contribution in [2.45, 2.75) is 37.5 Å². The van der Waals surface area contributed by atoms with Gasteiger partial charge in [0.2, 0.25) is 0 Å². The minimum absolute atomic E-state index is 0.167. The van der Waals surface area contributed by atoms with E-state index in [1.165, 1.54) is 82.2 Å². The Balaban J connectivity index is 0.942. The molecule has 54 heavy (non-hydrogen) atoms. The summed E-state index contributed by atoms with van der Waals surface area (Å²) in [7, 11) is 0. The molecule has 0 aliphatic heterocycles. The minimum Gasteiger partial charge on any atom is -0.228 e. The Morgan fingerprint density at radius 3 is 1.35 bits per heavy atom. The Hall–Kier alpha value is -6.38. The van der Waals surface area contributed by atoms with Crippen molar-refractivity contribution in [2.24, 2.45) is 0 Å². The molecule has 0 unspecified atom stereocenters. The first-order valence-electron chi connectivity index (χ1n) is 19.3. The summed E-state index contributed by atoms with van der Waals surface area (Å²) in [6.07, 6.45) is 6.46. The molecule has 0 radical (unpaired) electrons. The maximum Gasteiger partial charge on any atom is 0.160 e. The van der Waals surface area contributed by atoms with Crippen molar-refractivity contribution < 1.29 is 0 Å². The van der Waals surface area contributed by atoms with Crippen molar-refractivity contribution in [3.8, 4) is 78.4 Å². The summed E-state index contributed by atoms with van der Waals surface area (Å²) in [5, 5.41) is 0. The maximum absolute atomic E-state index is 5.11. The summed E-state index contributed by atoms with van der Waals surface area (Å²) in [5.41, 5.74) is 18.4. The van der Waals surface area contributed by atoms with Crippen LogP contribution in [-0.2, 0) is 5.41 Å². The molecule has 10 rings (SSSR count). The molecule has 0 saturated heterocycles. The third-order valence-corrected chi connectivity index (χ3v) is 11.8. The Kier molecular flexibility index (Phi) is 8.10. The second-order valence-corrected chi connectivity index (χ2v) is 14.9. The van der Waals surface area contributed by atoms with Gasteiger partial charge < -0.3 is 0 Å². The molecule has 2 heteroatoms. The van der Waals surface area contributed by atoms with E-state index in [-0.39, 0.29) is 5.41 Å². The zero-order valence-corrected chi connectivity index (χ0v) is 30.3. The van der Waals surface area contributed by atoms with Gasteiger partial charge in [-0.05, 0) is 80.6 Å². The largest absolute Gasteiger partial charge is 0.228 e. The van der Waals surface area contributed by atoms with Gasteiger partial charge in [0.05, 0.1) is 11.4 Å². The van der Waals surface area contributed by atoms with Crippen molar-refractivity contribution in [3.63, 3.8) is 0 Å². The highest BCUT2D eigenvalue weighted by atomic mass is 14.9. The van der Waals surface area contributed by atoms with Crippen molar-refractivity contribution in [2.75, 3.05) is 0 Å². The van der Waals surface area contributed by atoms with Crippen molar-refractivity contribution in [3.05, 3.63) is 193 Å². The highest BCUT2D eigenvalue weighted by molar-refractivity contribution is 5.84. The summed E-state index contributed by atoms with van der Waals surface area (Å²) in [4.78, 5) is 10.2. The standard InChI is InChI=1S/C52H40N2/c1-4-12-36(13-5-1)37-22-26-42(27-23-37)50-35-49(41-14-6-2-7-15-41)53-51(54-50)43-28-24-39(25-29-43)38-18-20-40(21-19-38)44-30-31-46-45-16-8-9-17-47(45)52(48(46)34-44)32-10-3-11-33-52/h1-2,4-9,12-31,34-35H,3,10-11,32-33H2. The van der Waals surface area contributed by atoms with Gasteiger partial charge in [-0.2, -0.15) is 0 Å². The zero-order chi connectivity index (χ0) is 35.9. The Labute approximate surface area is 317 Å². The molecule has 8 aromatic rings. The molecule has 0 bridgehead atoms. The van der Waals surface area contributed by atoms with E-state index in [1.807, 2.05) is 12.1 Å². The van der Waals surface area contributed by atoms with Crippen LogP contribution in [0.25, 0.3) is 78.4 Å². The van der Waals surface area contributed by atoms with Crippen LogP contribution in [-0.4, -0.2) is 9.97 Å². The predicted molar refractivity (Wildman–Crippen MR) is 224 cm³/mol. The first kappa shape index (κ1) is 32.3. The summed E-state index contributed by atoms with van der Waals surface area (Å²) < 4.78 is 0. The number of hydrogen-bond acceptors (Lipinski definition) is 2. The second kappa shape index (κ2) is 13.5. The molecule has 7 aromatic carbocycles. The van der Waals surface area contributed by atoms with E-state index in [9.17, 15) is 0 Å². The molecule has 2 aliphatic rings.